The molecule has 32 heavy (non-hydrogen) atoms. The fourth-order valence-corrected chi connectivity index (χ4v) is 4.59. The third-order valence-corrected chi connectivity index (χ3v) is 6.01. The molecule has 0 radical (unpaired) electrons. The van der Waals surface area contributed by atoms with Crippen molar-refractivity contribution >= 4 is 5.78 Å². The number of rotatable bonds is 6. The molecule has 2 fully saturated rings. The molecule has 2 aliphatic rings. The Labute approximate surface area is 183 Å². The minimum absolute atomic E-state index is 0.0543. The van der Waals surface area contributed by atoms with Gasteiger partial charge in [-0.25, -0.2) is 0 Å². The second-order valence-corrected chi connectivity index (χ2v) is 8.21. The van der Waals surface area contributed by atoms with Gasteiger partial charge in [0.05, 0.1) is 19.3 Å². The summed E-state index contributed by atoms with van der Waals surface area (Å²) >= 11 is 0. The van der Waals surface area contributed by atoms with E-state index >= 15 is 0 Å². The average molecular weight is 453 g/mol. The molecule has 9 nitrogen and oxygen atoms in total. The number of hydrogen-bond donors (Lipinski definition) is 1. The van der Waals surface area contributed by atoms with Gasteiger partial charge in [-0.3, -0.25) is 14.6 Å². The van der Waals surface area contributed by atoms with Gasteiger partial charge in [-0.05, 0) is 47.5 Å². The first-order chi connectivity index (χ1) is 15.3. The summed E-state index contributed by atoms with van der Waals surface area (Å²) in [4.78, 5) is 16.2. The first kappa shape index (κ1) is 22.6. The lowest BCUT2D eigenvalue weighted by Crippen LogP contribution is -2.66. The van der Waals surface area contributed by atoms with Gasteiger partial charge in [0, 0.05) is 44.8 Å². The topological polar surface area (TPSA) is 88.4 Å². The van der Waals surface area contributed by atoms with Crippen molar-refractivity contribution in [3.05, 3.63) is 29.6 Å². The molecule has 4 rings (SSSR count). The molecule has 1 N–H and O–H groups in total. The lowest BCUT2D eigenvalue weighted by molar-refractivity contribution is -0.146. The van der Waals surface area contributed by atoms with E-state index in [2.05, 4.69) is 30.6 Å². The number of nitrogens with zero attached hydrogens (tertiary/aromatic N) is 6. The summed E-state index contributed by atoms with van der Waals surface area (Å²) in [5.41, 5.74) is 0.976. The maximum Gasteiger partial charge on any atom is 0.453 e. The molecule has 0 spiro atoms. The van der Waals surface area contributed by atoms with Crippen molar-refractivity contribution in [3.63, 3.8) is 0 Å². The Kier molecular flexibility index (Phi) is 6.45. The van der Waals surface area contributed by atoms with Crippen molar-refractivity contribution in [1.82, 2.24) is 35.3 Å². The SMILES string of the molecule is COc1ccc(-n2nnnc2C(F)(F)F)cc1CC1NCCN2CCN(CC(C)=O)CC12. The van der Waals surface area contributed by atoms with E-state index in [0.717, 1.165) is 38.3 Å². The van der Waals surface area contributed by atoms with E-state index in [9.17, 15) is 18.0 Å². The van der Waals surface area contributed by atoms with Crippen molar-refractivity contribution in [2.24, 2.45) is 0 Å². The minimum atomic E-state index is -4.67. The number of methoxy groups -OCH3 is 1. The number of ether oxygens (including phenoxy) is 1. The van der Waals surface area contributed by atoms with Gasteiger partial charge in [0.1, 0.15) is 11.5 Å². The molecule has 0 amide bonds. The van der Waals surface area contributed by atoms with Gasteiger partial charge in [0.15, 0.2) is 0 Å². The molecule has 1 aromatic heterocycles. The second kappa shape index (κ2) is 9.12. The van der Waals surface area contributed by atoms with E-state index in [0.29, 0.717) is 23.4 Å². The van der Waals surface area contributed by atoms with E-state index in [1.807, 2.05) is 0 Å². The summed E-state index contributed by atoms with van der Waals surface area (Å²) in [7, 11) is 1.53. The van der Waals surface area contributed by atoms with Crippen LogP contribution in [-0.2, 0) is 17.4 Å². The van der Waals surface area contributed by atoms with Crippen molar-refractivity contribution in [1.29, 1.82) is 0 Å². The summed E-state index contributed by atoms with van der Waals surface area (Å²) < 4.78 is 46.0. The zero-order chi connectivity index (χ0) is 22.9. The van der Waals surface area contributed by atoms with Gasteiger partial charge >= 0.3 is 6.18 Å². The molecule has 0 aliphatic carbocycles. The lowest BCUT2D eigenvalue weighted by Gasteiger charge is -2.48. The molecule has 2 aliphatic heterocycles. The van der Waals surface area contributed by atoms with Crippen LogP contribution in [0.3, 0.4) is 0 Å². The smallest absolute Gasteiger partial charge is 0.453 e. The van der Waals surface area contributed by atoms with Crippen LogP contribution in [0.2, 0.25) is 0 Å². The average Bonchev–Trinajstić information content (AvgIpc) is 3.24. The van der Waals surface area contributed by atoms with Gasteiger partial charge in [0.2, 0.25) is 0 Å². The summed E-state index contributed by atoms with van der Waals surface area (Å²) in [5.74, 6) is -0.455. The van der Waals surface area contributed by atoms with E-state index < -0.39 is 12.0 Å². The van der Waals surface area contributed by atoms with E-state index in [-0.39, 0.29) is 23.6 Å². The largest absolute Gasteiger partial charge is 0.496 e. The fraction of sp³-hybridized carbons (Fsp3) is 0.600. The van der Waals surface area contributed by atoms with E-state index in [1.54, 1.807) is 19.1 Å². The quantitative estimate of drug-likeness (QED) is 0.687. The van der Waals surface area contributed by atoms with Crippen LogP contribution in [0.5, 0.6) is 5.75 Å². The van der Waals surface area contributed by atoms with Crippen LogP contribution in [0, 0.1) is 0 Å². The first-order valence-corrected chi connectivity index (χ1v) is 10.5. The summed E-state index contributed by atoms with van der Waals surface area (Å²) in [6.07, 6.45) is -4.12. The number of carbonyl (C=O) groups excluding carboxylic acids is 1. The number of halogens is 3. The van der Waals surface area contributed by atoms with Crippen LogP contribution in [0.15, 0.2) is 18.2 Å². The third-order valence-electron chi connectivity index (χ3n) is 6.01. The third kappa shape index (κ3) is 4.76. The first-order valence-electron chi connectivity index (χ1n) is 10.5. The van der Waals surface area contributed by atoms with Gasteiger partial charge in [-0.1, -0.05) is 0 Å². The Hall–Kier alpha value is -2.57. The lowest BCUT2D eigenvalue weighted by atomic mass is 9.93. The molecule has 2 atom stereocenters. The number of Topliss-reactive ketones (excluding diaryl/α,β-unsaturated/α-hetero) is 1. The highest BCUT2D eigenvalue weighted by atomic mass is 19.4. The molecule has 174 valence electrons. The Morgan fingerprint density at radius 2 is 2.09 bits per heavy atom. The van der Waals surface area contributed by atoms with Crippen LogP contribution in [0.4, 0.5) is 13.2 Å². The van der Waals surface area contributed by atoms with Gasteiger partial charge in [0.25, 0.3) is 5.82 Å². The van der Waals surface area contributed by atoms with Gasteiger partial charge in [-0.2, -0.15) is 17.9 Å². The Balaban J connectivity index is 1.60. The minimum Gasteiger partial charge on any atom is -0.496 e. The molecular weight excluding hydrogens is 427 g/mol. The monoisotopic (exact) mass is 453 g/mol. The molecule has 0 saturated carbocycles. The molecule has 1 aromatic carbocycles. The highest BCUT2D eigenvalue weighted by Crippen LogP contribution is 2.31. The zero-order valence-electron chi connectivity index (χ0n) is 18.0. The molecule has 2 unspecified atom stereocenters. The number of benzene rings is 1. The van der Waals surface area contributed by atoms with Crippen LogP contribution >= 0.6 is 0 Å². The number of aromatic nitrogens is 4. The molecular formula is C20H26F3N7O2. The maximum absolute atomic E-state index is 13.3. The second-order valence-electron chi connectivity index (χ2n) is 8.21. The van der Waals surface area contributed by atoms with Gasteiger partial charge in [-0.15, -0.1) is 5.10 Å². The Bertz CT molecular complexity index is 965. The molecule has 2 aromatic rings. The summed E-state index contributed by atoms with van der Waals surface area (Å²) in [5, 5.41) is 13.4. The Morgan fingerprint density at radius 3 is 2.81 bits per heavy atom. The molecule has 0 bridgehead atoms. The fourth-order valence-electron chi connectivity index (χ4n) is 4.59. The highest BCUT2D eigenvalue weighted by Gasteiger charge is 2.39. The van der Waals surface area contributed by atoms with Crippen molar-refractivity contribution in [2.45, 2.75) is 31.6 Å². The van der Waals surface area contributed by atoms with E-state index in [1.165, 1.54) is 13.2 Å². The predicted octanol–water partition coefficient (Wildman–Crippen LogP) is 0.779. The number of ketones is 1. The number of piperazine rings is 2. The van der Waals surface area contributed by atoms with E-state index in [4.69, 9.17) is 4.74 Å². The zero-order valence-corrected chi connectivity index (χ0v) is 18.0. The molecule has 12 heteroatoms. The van der Waals surface area contributed by atoms with Crippen LogP contribution in [-0.4, -0.2) is 94.3 Å². The number of fused-ring (bicyclic) bond motifs is 1. The normalized spacial score (nSPS) is 22.5. The Morgan fingerprint density at radius 1 is 1.28 bits per heavy atom. The van der Waals surface area contributed by atoms with Crippen molar-refractivity contribution < 1.29 is 22.7 Å². The summed E-state index contributed by atoms with van der Waals surface area (Å²) in [6, 6.07) is 5.02. The summed E-state index contributed by atoms with van der Waals surface area (Å²) in [6.45, 7) is 6.24. The van der Waals surface area contributed by atoms with Crippen molar-refractivity contribution in [3.8, 4) is 11.4 Å². The molecule has 2 saturated heterocycles. The highest BCUT2D eigenvalue weighted by molar-refractivity contribution is 5.77. The molecule has 3 heterocycles. The van der Waals surface area contributed by atoms with Crippen LogP contribution < -0.4 is 10.1 Å². The number of nitrogens with one attached hydrogen (secondary N) is 1. The van der Waals surface area contributed by atoms with Crippen molar-refractivity contribution in [2.75, 3.05) is 46.4 Å². The van der Waals surface area contributed by atoms with Crippen LogP contribution in [0.25, 0.3) is 5.69 Å². The number of carbonyl (C=O) groups is 1. The number of alkyl halides is 3. The van der Waals surface area contributed by atoms with Gasteiger partial charge < -0.3 is 10.1 Å². The predicted molar refractivity (Wildman–Crippen MR) is 109 cm³/mol. The standard InChI is InChI=1S/C20H26F3N7O2/c1-13(31)11-28-7-8-29-6-5-24-16(17(29)12-28)10-14-9-15(3-4-18(14)32-2)30-19(20(21,22)23)25-26-27-30/h3-4,9,16-17,24H,5-8,10-12H2,1-2H3. The maximum atomic E-state index is 13.3. The number of tetrazole rings is 1. The van der Waals surface area contributed by atoms with Crippen LogP contribution in [0.1, 0.15) is 18.3 Å². The number of hydrogen-bond acceptors (Lipinski definition) is 8.